The van der Waals surface area contributed by atoms with Crippen LogP contribution in [0.5, 0.6) is 11.5 Å². The minimum atomic E-state index is 0.613. The monoisotopic (exact) mass is 428 g/mol. The van der Waals surface area contributed by atoms with Crippen LogP contribution in [0.25, 0.3) is 22.1 Å². The zero-order chi connectivity index (χ0) is 22.2. The van der Waals surface area contributed by atoms with Crippen LogP contribution in [0.15, 0.2) is 77.4 Å². The van der Waals surface area contributed by atoms with E-state index in [-0.39, 0.29) is 0 Å². The number of ether oxygens (including phenoxy) is 2. The van der Waals surface area contributed by atoms with E-state index >= 15 is 0 Å². The van der Waals surface area contributed by atoms with Crippen LogP contribution in [0.2, 0.25) is 0 Å². The summed E-state index contributed by atoms with van der Waals surface area (Å²) in [5.74, 6) is 1.83. The average Bonchev–Trinajstić information content (AvgIpc) is 3.26. The summed E-state index contributed by atoms with van der Waals surface area (Å²) in [6.07, 6.45) is 6.93. The molecule has 4 rings (SSSR count). The van der Waals surface area contributed by atoms with E-state index in [0.29, 0.717) is 13.2 Å². The van der Waals surface area contributed by atoms with Crippen LogP contribution < -0.4 is 9.47 Å². The third-order valence-corrected chi connectivity index (χ3v) is 5.66. The molecule has 0 N–H and O–H groups in total. The summed E-state index contributed by atoms with van der Waals surface area (Å²) in [7, 11) is 0. The number of fused-ring (bicyclic) bond motifs is 1. The summed E-state index contributed by atoms with van der Waals surface area (Å²) < 4.78 is 18.1. The average molecular weight is 429 g/mol. The van der Waals surface area contributed by atoms with Crippen molar-refractivity contribution in [1.29, 1.82) is 0 Å². The van der Waals surface area contributed by atoms with Gasteiger partial charge in [-0.15, -0.1) is 0 Å². The summed E-state index contributed by atoms with van der Waals surface area (Å²) >= 11 is 0. The van der Waals surface area contributed by atoms with Gasteiger partial charge in [0, 0.05) is 22.9 Å². The van der Waals surface area contributed by atoms with Crippen LogP contribution in [0.1, 0.15) is 44.2 Å². The molecule has 0 atom stereocenters. The van der Waals surface area contributed by atoms with Crippen molar-refractivity contribution in [3.8, 4) is 22.6 Å². The van der Waals surface area contributed by atoms with Crippen LogP contribution in [-0.4, -0.2) is 13.2 Å². The number of rotatable bonds is 11. The molecule has 0 aliphatic carbocycles. The Morgan fingerprint density at radius 1 is 0.750 bits per heavy atom. The van der Waals surface area contributed by atoms with Crippen LogP contribution in [0.3, 0.4) is 0 Å². The van der Waals surface area contributed by atoms with Gasteiger partial charge in [-0.2, -0.15) is 0 Å². The largest absolute Gasteiger partial charge is 0.493 e. The molecule has 3 aromatic carbocycles. The van der Waals surface area contributed by atoms with E-state index in [2.05, 4.69) is 74.5 Å². The molecule has 3 heteroatoms. The summed E-state index contributed by atoms with van der Waals surface area (Å²) in [5, 5.41) is 1.14. The van der Waals surface area contributed by atoms with Crippen LogP contribution in [0, 0.1) is 0 Å². The van der Waals surface area contributed by atoms with Gasteiger partial charge < -0.3 is 13.9 Å². The summed E-state index contributed by atoms with van der Waals surface area (Å²) in [5.41, 5.74) is 5.74. The molecule has 0 amide bonds. The molecular weight excluding hydrogens is 396 g/mol. The molecule has 3 nitrogen and oxygen atoms in total. The first-order valence-corrected chi connectivity index (χ1v) is 11.7. The number of furan rings is 1. The Balaban J connectivity index is 1.39. The lowest BCUT2D eigenvalue weighted by molar-refractivity contribution is 0.246. The lowest BCUT2D eigenvalue weighted by Gasteiger charge is -2.12. The van der Waals surface area contributed by atoms with Gasteiger partial charge in [-0.05, 0) is 48.2 Å². The molecule has 0 radical (unpaired) electrons. The lowest BCUT2D eigenvalue weighted by atomic mass is 10.0. The molecule has 0 saturated heterocycles. The van der Waals surface area contributed by atoms with Gasteiger partial charge in [0.25, 0.3) is 0 Å². The van der Waals surface area contributed by atoms with Gasteiger partial charge >= 0.3 is 0 Å². The van der Waals surface area contributed by atoms with Crippen molar-refractivity contribution >= 4 is 11.0 Å². The van der Waals surface area contributed by atoms with Gasteiger partial charge in [0.2, 0.25) is 0 Å². The fourth-order valence-electron chi connectivity index (χ4n) is 4.07. The number of benzene rings is 3. The zero-order valence-corrected chi connectivity index (χ0v) is 19.1. The van der Waals surface area contributed by atoms with Gasteiger partial charge in [-0.1, -0.05) is 69.2 Å². The first-order valence-electron chi connectivity index (χ1n) is 11.7. The quantitative estimate of drug-likeness (QED) is 0.228. The van der Waals surface area contributed by atoms with Crippen molar-refractivity contribution in [1.82, 2.24) is 0 Å². The van der Waals surface area contributed by atoms with E-state index in [0.717, 1.165) is 65.7 Å². The maximum atomic E-state index is 6.16. The smallest absolute Gasteiger partial charge is 0.141 e. The molecule has 0 bridgehead atoms. The molecule has 0 saturated carbocycles. The highest BCUT2D eigenvalue weighted by Gasteiger charge is 2.15. The number of aryl methyl sites for hydroxylation is 2. The molecule has 1 heterocycles. The SMILES string of the molecule is CCCc1ccc(OCCCOc2ccc3c(-c4ccccc4)coc3c2CCC)cc1. The molecule has 1 aromatic heterocycles. The number of hydrogen-bond acceptors (Lipinski definition) is 3. The van der Waals surface area contributed by atoms with Crippen molar-refractivity contribution < 1.29 is 13.9 Å². The van der Waals surface area contributed by atoms with E-state index < -0.39 is 0 Å². The third kappa shape index (κ3) is 5.16. The van der Waals surface area contributed by atoms with Crippen LogP contribution >= 0.6 is 0 Å². The Morgan fingerprint density at radius 3 is 2.25 bits per heavy atom. The Kier molecular flexibility index (Phi) is 7.50. The van der Waals surface area contributed by atoms with Crippen LogP contribution in [-0.2, 0) is 12.8 Å². The van der Waals surface area contributed by atoms with Crippen LogP contribution in [0.4, 0.5) is 0 Å². The highest BCUT2D eigenvalue weighted by atomic mass is 16.5. The van der Waals surface area contributed by atoms with Crippen molar-refractivity contribution in [2.24, 2.45) is 0 Å². The van der Waals surface area contributed by atoms with Gasteiger partial charge in [-0.3, -0.25) is 0 Å². The Labute approximate surface area is 191 Å². The molecule has 0 aliphatic rings. The third-order valence-electron chi connectivity index (χ3n) is 5.66. The van der Waals surface area contributed by atoms with E-state index in [1.54, 1.807) is 0 Å². The zero-order valence-electron chi connectivity index (χ0n) is 19.1. The maximum absolute atomic E-state index is 6.16. The second-order valence-corrected chi connectivity index (χ2v) is 8.13. The van der Waals surface area contributed by atoms with Crippen molar-refractivity contribution in [2.45, 2.75) is 46.0 Å². The van der Waals surface area contributed by atoms with E-state index in [1.807, 2.05) is 12.3 Å². The predicted octanol–water partition coefficient (Wildman–Crippen LogP) is 7.85. The molecule has 166 valence electrons. The molecule has 32 heavy (non-hydrogen) atoms. The Hall–Kier alpha value is -3.20. The minimum absolute atomic E-state index is 0.613. The topological polar surface area (TPSA) is 31.6 Å². The van der Waals surface area contributed by atoms with E-state index in [9.17, 15) is 0 Å². The highest BCUT2D eigenvalue weighted by molar-refractivity contribution is 5.96. The lowest BCUT2D eigenvalue weighted by Crippen LogP contribution is -2.06. The van der Waals surface area contributed by atoms with Crippen molar-refractivity contribution in [3.05, 3.63) is 84.1 Å². The second kappa shape index (κ2) is 10.9. The normalized spacial score (nSPS) is 11.1. The molecule has 0 aliphatic heterocycles. The highest BCUT2D eigenvalue weighted by Crippen LogP contribution is 2.37. The molecular formula is C29H32O3. The first-order chi connectivity index (χ1) is 15.8. The maximum Gasteiger partial charge on any atom is 0.141 e. The molecule has 0 fully saturated rings. The van der Waals surface area contributed by atoms with Crippen molar-refractivity contribution in [2.75, 3.05) is 13.2 Å². The number of hydrogen-bond donors (Lipinski definition) is 0. The van der Waals surface area contributed by atoms with Gasteiger partial charge in [0.15, 0.2) is 0 Å². The van der Waals surface area contributed by atoms with Gasteiger partial charge in [-0.25, -0.2) is 0 Å². The molecule has 4 aromatic rings. The molecule has 0 unspecified atom stereocenters. The Morgan fingerprint density at radius 2 is 1.50 bits per heavy atom. The van der Waals surface area contributed by atoms with E-state index in [4.69, 9.17) is 13.9 Å². The van der Waals surface area contributed by atoms with E-state index in [1.165, 1.54) is 11.1 Å². The summed E-state index contributed by atoms with van der Waals surface area (Å²) in [6, 6.07) is 23.0. The van der Waals surface area contributed by atoms with Crippen molar-refractivity contribution in [3.63, 3.8) is 0 Å². The van der Waals surface area contributed by atoms with Gasteiger partial charge in [0.1, 0.15) is 17.1 Å². The minimum Gasteiger partial charge on any atom is -0.493 e. The summed E-state index contributed by atoms with van der Waals surface area (Å²) in [6.45, 7) is 5.63. The predicted molar refractivity (Wildman–Crippen MR) is 132 cm³/mol. The second-order valence-electron chi connectivity index (χ2n) is 8.13. The van der Waals surface area contributed by atoms with Gasteiger partial charge in [0.05, 0.1) is 19.5 Å². The fourth-order valence-corrected chi connectivity index (χ4v) is 4.07. The standard InChI is InChI=1S/C29H32O3/c1-3-9-22-13-15-24(16-14-22)30-19-8-20-31-28-18-17-25-27(23-11-6-5-7-12-23)21-32-29(25)26(28)10-4-2/h5-7,11-18,21H,3-4,8-10,19-20H2,1-2H3. The summed E-state index contributed by atoms with van der Waals surface area (Å²) in [4.78, 5) is 0. The Bertz CT molecular complexity index is 1110. The fraction of sp³-hybridized carbons (Fsp3) is 0.310. The molecule has 0 spiro atoms. The first kappa shape index (κ1) is 22.0.